The Kier molecular flexibility index (Phi) is 2.60. The van der Waals surface area contributed by atoms with E-state index in [1.165, 1.54) is 37.1 Å². The molecule has 2 nitrogen and oxygen atoms in total. The van der Waals surface area contributed by atoms with Gasteiger partial charge in [-0.15, -0.1) is 0 Å². The topological polar surface area (TPSA) is 29.3 Å². The molecule has 0 amide bonds. The average Bonchev–Trinajstić information content (AvgIpc) is 2.57. The molecule has 86 valence electrons. The zero-order valence-corrected chi connectivity index (χ0v) is 9.73. The molecule has 0 aromatic heterocycles. The monoisotopic (exact) mass is 216 g/mol. The molecule has 1 atom stereocenters. The number of hydrogen-bond acceptors (Lipinski definition) is 2. The molecule has 16 heavy (non-hydrogen) atoms. The van der Waals surface area contributed by atoms with Crippen LogP contribution in [-0.2, 0) is 0 Å². The third kappa shape index (κ3) is 1.52. The smallest absolute Gasteiger partial charge is 0.0405 e. The number of anilines is 1. The fourth-order valence-corrected chi connectivity index (χ4v) is 3.02. The van der Waals surface area contributed by atoms with E-state index < -0.39 is 0 Å². The van der Waals surface area contributed by atoms with E-state index >= 15 is 0 Å². The Morgan fingerprint density at radius 1 is 1.25 bits per heavy atom. The second kappa shape index (κ2) is 4.10. The van der Waals surface area contributed by atoms with Crippen LogP contribution >= 0.6 is 0 Å². The number of benzene rings is 1. The van der Waals surface area contributed by atoms with Gasteiger partial charge in [0.2, 0.25) is 0 Å². The van der Waals surface area contributed by atoms with Crippen molar-refractivity contribution in [3.8, 4) is 0 Å². The molecule has 1 aromatic rings. The SMILES string of the molecule is NCCC1CN(C2CCC2)c2ccccc21. The van der Waals surface area contributed by atoms with Crippen LogP contribution in [-0.4, -0.2) is 19.1 Å². The number of para-hydroxylation sites is 1. The Hall–Kier alpha value is -1.02. The van der Waals surface area contributed by atoms with Gasteiger partial charge in [0.05, 0.1) is 0 Å². The number of nitrogens with two attached hydrogens (primary N) is 1. The lowest BCUT2D eigenvalue weighted by Gasteiger charge is -2.37. The van der Waals surface area contributed by atoms with Gasteiger partial charge in [0.25, 0.3) is 0 Å². The first-order valence-corrected chi connectivity index (χ1v) is 6.46. The van der Waals surface area contributed by atoms with Gasteiger partial charge in [-0.1, -0.05) is 18.2 Å². The molecular formula is C14H20N2. The molecule has 0 bridgehead atoms. The van der Waals surface area contributed by atoms with Crippen LogP contribution in [0.5, 0.6) is 0 Å². The summed E-state index contributed by atoms with van der Waals surface area (Å²) in [7, 11) is 0. The summed E-state index contributed by atoms with van der Waals surface area (Å²) < 4.78 is 0. The van der Waals surface area contributed by atoms with Crippen molar-refractivity contribution in [2.75, 3.05) is 18.0 Å². The standard InChI is InChI=1S/C14H20N2/c15-9-8-11-10-16(12-4-3-5-12)14-7-2-1-6-13(11)14/h1-2,6-7,11-12H,3-5,8-10,15H2. The highest BCUT2D eigenvalue weighted by atomic mass is 15.2. The zero-order chi connectivity index (χ0) is 11.0. The molecule has 0 spiro atoms. The van der Waals surface area contributed by atoms with Gasteiger partial charge < -0.3 is 10.6 Å². The average molecular weight is 216 g/mol. The van der Waals surface area contributed by atoms with Crippen LogP contribution in [0.25, 0.3) is 0 Å². The number of nitrogens with zero attached hydrogens (tertiary/aromatic N) is 1. The van der Waals surface area contributed by atoms with Crippen LogP contribution in [0.3, 0.4) is 0 Å². The molecule has 1 fully saturated rings. The summed E-state index contributed by atoms with van der Waals surface area (Å²) in [6, 6.07) is 9.70. The van der Waals surface area contributed by atoms with Crippen LogP contribution in [0.4, 0.5) is 5.69 Å². The minimum Gasteiger partial charge on any atom is -0.368 e. The maximum atomic E-state index is 5.71. The molecule has 0 radical (unpaired) electrons. The van der Waals surface area contributed by atoms with E-state index in [0.29, 0.717) is 5.92 Å². The van der Waals surface area contributed by atoms with Gasteiger partial charge in [-0.05, 0) is 43.9 Å². The van der Waals surface area contributed by atoms with Crippen LogP contribution in [0, 0.1) is 0 Å². The molecule has 1 aliphatic heterocycles. The third-order valence-corrected chi connectivity index (χ3v) is 4.13. The van der Waals surface area contributed by atoms with E-state index in [1.807, 2.05) is 0 Å². The van der Waals surface area contributed by atoms with Crippen molar-refractivity contribution in [2.24, 2.45) is 5.73 Å². The molecular weight excluding hydrogens is 196 g/mol. The minimum atomic E-state index is 0.668. The van der Waals surface area contributed by atoms with Gasteiger partial charge in [0.1, 0.15) is 0 Å². The first-order valence-electron chi connectivity index (χ1n) is 6.46. The fourth-order valence-electron chi connectivity index (χ4n) is 3.02. The Morgan fingerprint density at radius 3 is 2.75 bits per heavy atom. The first kappa shape index (κ1) is 10.2. The van der Waals surface area contributed by atoms with Crippen LogP contribution in [0.15, 0.2) is 24.3 Å². The summed E-state index contributed by atoms with van der Waals surface area (Å²) in [6.07, 6.45) is 5.29. The van der Waals surface area contributed by atoms with Gasteiger partial charge in [-0.3, -0.25) is 0 Å². The van der Waals surface area contributed by atoms with E-state index in [9.17, 15) is 0 Å². The van der Waals surface area contributed by atoms with Gasteiger partial charge in [-0.2, -0.15) is 0 Å². The molecule has 1 aromatic carbocycles. The van der Waals surface area contributed by atoms with Gasteiger partial charge in [-0.25, -0.2) is 0 Å². The van der Waals surface area contributed by atoms with E-state index in [1.54, 1.807) is 0 Å². The fraction of sp³-hybridized carbons (Fsp3) is 0.571. The number of fused-ring (bicyclic) bond motifs is 1. The highest BCUT2D eigenvalue weighted by molar-refractivity contribution is 5.61. The predicted octanol–water partition coefficient (Wildman–Crippen LogP) is 2.49. The summed E-state index contributed by atoms with van der Waals surface area (Å²) in [5, 5.41) is 0. The molecule has 1 aliphatic carbocycles. The summed E-state index contributed by atoms with van der Waals surface area (Å²) in [5.41, 5.74) is 8.72. The second-order valence-corrected chi connectivity index (χ2v) is 5.07. The predicted molar refractivity (Wildman–Crippen MR) is 67.8 cm³/mol. The largest absolute Gasteiger partial charge is 0.368 e. The van der Waals surface area contributed by atoms with Crippen molar-refractivity contribution in [2.45, 2.75) is 37.6 Å². The Morgan fingerprint density at radius 2 is 2.06 bits per heavy atom. The molecule has 2 N–H and O–H groups in total. The summed E-state index contributed by atoms with van der Waals surface area (Å²) in [6.45, 7) is 2.00. The van der Waals surface area contributed by atoms with Crippen LogP contribution in [0.1, 0.15) is 37.2 Å². The minimum absolute atomic E-state index is 0.668. The Balaban J connectivity index is 1.88. The zero-order valence-electron chi connectivity index (χ0n) is 9.73. The summed E-state index contributed by atoms with van der Waals surface area (Å²) in [4.78, 5) is 2.62. The number of hydrogen-bond donors (Lipinski definition) is 1. The van der Waals surface area contributed by atoms with Crippen LogP contribution in [0.2, 0.25) is 0 Å². The van der Waals surface area contributed by atoms with Crippen molar-refractivity contribution in [1.29, 1.82) is 0 Å². The molecule has 1 unspecified atom stereocenters. The van der Waals surface area contributed by atoms with Gasteiger partial charge in [0.15, 0.2) is 0 Å². The van der Waals surface area contributed by atoms with Crippen molar-refractivity contribution in [3.63, 3.8) is 0 Å². The van der Waals surface area contributed by atoms with Gasteiger partial charge in [0, 0.05) is 24.2 Å². The highest BCUT2D eigenvalue weighted by Crippen LogP contribution is 2.42. The van der Waals surface area contributed by atoms with E-state index in [-0.39, 0.29) is 0 Å². The third-order valence-electron chi connectivity index (χ3n) is 4.13. The van der Waals surface area contributed by atoms with Crippen molar-refractivity contribution in [1.82, 2.24) is 0 Å². The molecule has 3 rings (SSSR count). The summed E-state index contributed by atoms with van der Waals surface area (Å²) >= 11 is 0. The van der Waals surface area contributed by atoms with Crippen molar-refractivity contribution < 1.29 is 0 Å². The lowest BCUT2D eigenvalue weighted by molar-refractivity contribution is 0.386. The van der Waals surface area contributed by atoms with Gasteiger partial charge >= 0.3 is 0 Å². The molecule has 2 aliphatic rings. The Labute approximate surface area is 97.4 Å². The van der Waals surface area contributed by atoms with E-state index in [2.05, 4.69) is 29.2 Å². The highest BCUT2D eigenvalue weighted by Gasteiger charge is 2.34. The lowest BCUT2D eigenvalue weighted by atomic mass is 9.91. The Bertz CT molecular complexity index is 371. The maximum absolute atomic E-state index is 5.71. The lowest BCUT2D eigenvalue weighted by Crippen LogP contribution is -2.39. The first-order chi connectivity index (χ1) is 7.90. The quantitative estimate of drug-likeness (QED) is 0.841. The normalized spacial score (nSPS) is 24.3. The van der Waals surface area contributed by atoms with E-state index in [0.717, 1.165) is 19.0 Å². The van der Waals surface area contributed by atoms with Crippen molar-refractivity contribution in [3.05, 3.63) is 29.8 Å². The van der Waals surface area contributed by atoms with E-state index in [4.69, 9.17) is 5.73 Å². The molecule has 2 heteroatoms. The molecule has 1 heterocycles. The number of rotatable bonds is 3. The summed E-state index contributed by atoms with van der Waals surface area (Å²) in [5.74, 6) is 0.668. The second-order valence-electron chi connectivity index (χ2n) is 5.07. The molecule has 1 saturated carbocycles. The maximum Gasteiger partial charge on any atom is 0.0405 e. The van der Waals surface area contributed by atoms with Crippen LogP contribution < -0.4 is 10.6 Å². The van der Waals surface area contributed by atoms with Crippen molar-refractivity contribution >= 4 is 5.69 Å². The molecule has 0 saturated heterocycles.